The van der Waals surface area contributed by atoms with Crippen molar-refractivity contribution in [2.45, 2.75) is 171 Å². The molecule has 0 bridgehead atoms. The summed E-state index contributed by atoms with van der Waals surface area (Å²) < 4.78 is 33.1. The van der Waals surface area contributed by atoms with Crippen LogP contribution in [-0.2, 0) is 38.0 Å². The van der Waals surface area contributed by atoms with Gasteiger partial charge in [-0.1, -0.05) is 113 Å². The Bertz CT molecular complexity index is 1250. The highest BCUT2D eigenvalue weighted by molar-refractivity contribution is 5.71. The molecule has 2 aliphatic heterocycles. The van der Waals surface area contributed by atoms with Crippen LogP contribution in [0, 0.1) is 0 Å². The molecule has 0 saturated carbocycles. The van der Waals surface area contributed by atoms with Gasteiger partial charge in [-0.25, -0.2) is 0 Å². The van der Waals surface area contributed by atoms with Crippen LogP contribution in [0.2, 0.25) is 0 Å². The predicted octanol–water partition coefficient (Wildman–Crippen LogP) is 3.36. The number of allylic oxidation sites excluding steroid dienone is 9. The number of ether oxygens (including phenoxy) is 6. The molecule has 332 valence electrons. The van der Waals surface area contributed by atoms with Crippen molar-refractivity contribution in [2.75, 3.05) is 26.4 Å². The van der Waals surface area contributed by atoms with E-state index in [2.05, 4.69) is 50.3 Å². The zero-order valence-electron chi connectivity index (χ0n) is 34.2. The van der Waals surface area contributed by atoms with Gasteiger partial charge in [-0.3, -0.25) is 9.59 Å². The third-order valence-corrected chi connectivity index (χ3v) is 9.54. The van der Waals surface area contributed by atoms with Crippen LogP contribution in [0.1, 0.15) is 104 Å². The fourth-order valence-corrected chi connectivity index (χ4v) is 6.05. The molecule has 0 amide bonds. The van der Waals surface area contributed by atoms with E-state index in [9.17, 15) is 45.3 Å². The van der Waals surface area contributed by atoms with Gasteiger partial charge in [0.15, 0.2) is 18.7 Å². The second-order valence-corrected chi connectivity index (χ2v) is 14.5. The molecule has 15 heteroatoms. The van der Waals surface area contributed by atoms with Gasteiger partial charge in [0.05, 0.1) is 26.2 Å². The first-order valence-electron chi connectivity index (χ1n) is 20.9. The van der Waals surface area contributed by atoms with Gasteiger partial charge in [0.2, 0.25) is 0 Å². The van der Waals surface area contributed by atoms with Crippen LogP contribution in [0.4, 0.5) is 0 Å². The highest BCUT2D eigenvalue weighted by Gasteiger charge is 2.47. The lowest BCUT2D eigenvalue weighted by Crippen LogP contribution is -2.61. The number of hydrogen-bond acceptors (Lipinski definition) is 15. The molecule has 0 aromatic heterocycles. The molecule has 7 N–H and O–H groups in total. The maximum atomic E-state index is 12.8. The van der Waals surface area contributed by atoms with E-state index in [-0.39, 0.29) is 19.4 Å². The van der Waals surface area contributed by atoms with Gasteiger partial charge in [-0.05, 0) is 38.5 Å². The van der Waals surface area contributed by atoms with E-state index < -0.39 is 99.3 Å². The van der Waals surface area contributed by atoms with Crippen molar-refractivity contribution in [2.24, 2.45) is 0 Å². The average Bonchev–Trinajstić information content (AvgIpc) is 3.21. The summed E-state index contributed by atoms with van der Waals surface area (Å²) in [5, 5.41) is 71.6. The number of unbranched alkanes of at least 4 members (excludes halogenated alkanes) is 6. The van der Waals surface area contributed by atoms with Crippen LogP contribution in [0.15, 0.2) is 60.8 Å². The van der Waals surface area contributed by atoms with Gasteiger partial charge < -0.3 is 64.2 Å². The van der Waals surface area contributed by atoms with Gasteiger partial charge in [0, 0.05) is 6.42 Å². The number of aliphatic hydroxyl groups is 7. The van der Waals surface area contributed by atoms with Crippen LogP contribution in [0.5, 0.6) is 0 Å². The third-order valence-electron chi connectivity index (χ3n) is 9.54. The smallest absolute Gasteiger partial charge is 0.310 e. The second-order valence-electron chi connectivity index (χ2n) is 14.5. The third kappa shape index (κ3) is 20.4. The molecule has 0 radical (unpaired) electrons. The number of carbonyl (C=O) groups excluding carboxylic acids is 2. The molecule has 2 aliphatic rings. The molecule has 0 aliphatic carbocycles. The molecule has 0 spiro atoms. The molecule has 2 heterocycles. The SMILES string of the molecule is CC/C=C\C/C=C\C/C=C\C/C=C\C/C=C\CC(=O)OC(COC(=O)CCCCCCCCC)COC1OC(COC2OC(CO)C(O)C(O)C2O)C(O)C(O)C1O. The Hall–Kier alpha value is -2.80. The normalized spacial score (nSPS) is 28.7. The summed E-state index contributed by atoms with van der Waals surface area (Å²) in [6, 6.07) is 0. The topological polar surface area (TPSA) is 231 Å². The van der Waals surface area contributed by atoms with E-state index in [4.69, 9.17) is 28.4 Å². The fourth-order valence-electron chi connectivity index (χ4n) is 6.05. The maximum Gasteiger partial charge on any atom is 0.310 e. The Morgan fingerprint density at radius 1 is 0.569 bits per heavy atom. The minimum atomic E-state index is -1.78. The van der Waals surface area contributed by atoms with E-state index in [1.807, 2.05) is 18.2 Å². The lowest BCUT2D eigenvalue weighted by molar-refractivity contribution is -0.332. The number of hydrogen-bond donors (Lipinski definition) is 7. The number of rotatable bonds is 29. The minimum Gasteiger partial charge on any atom is -0.462 e. The highest BCUT2D eigenvalue weighted by Crippen LogP contribution is 2.26. The zero-order chi connectivity index (χ0) is 42.5. The molecule has 2 saturated heterocycles. The Kier molecular flexibility index (Phi) is 27.6. The lowest BCUT2D eigenvalue weighted by atomic mass is 9.98. The summed E-state index contributed by atoms with van der Waals surface area (Å²) in [4.78, 5) is 25.3. The summed E-state index contributed by atoms with van der Waals surface area (Å²) in [5.41, 5.74) is 0. The molecule has 0 aromatic carbocycles. The molecule has 15 nitrogen and oxygen atoms in total. The molecular formula is C43H70O15. The molecule has 2 fully saturated rings. The first-order valence-corrected chi connectivity index (χ1v) is 20.9. The van der Waals surface area contributed by atoms with Crippen LogP contribution in [0.25, 0.3) is 0 Å². The Labute approximate surface area is 343 Å². The van der Waals surface area contributed by atoms with E-state index in [0.717, 1.165) is 57.8 Å². The first kappa shape index (κ1) is 51.3. The fraction of sp³-hybridized carbons (Fsp3) is 0.721. The Balaban J connectivity index is 1.92. The molecule has 58 heavy (non-hydrogen) atoms. The Morgan fingerprint density at radius 3 is 1.64 bits per heavy atom. The number of esters is 2. The lowest BCUT2D eigenvalue weighted by Gasteiger charge is -2.42. The molecule has 2 rings (SSSR count). The molecular weight excluding hydrogens is 756 g/mol. The van der Waals surface area contributed by atoms with E-state index in [0.29, 0.717) is 12.8 Å². The van der Waals surface area contributed by atoms with E-state index in [1.165, 1.54) is 6.42 Å². The van der Waals surface area contributed by atoms with Crippen molar-refractivity contribution in [3.8, 4) is 0 Å². The van der Waals surface area contributed by atoms with Crippen LogP contribution < -0.4 is 0 Å². The van der Waals surface area contributed by atoms with Crippen LogP contribution in [-0.4, -0.2) is 142 Å². The molecule has 11 unspecified atom stereocenters. The summed E-state index contributed by atoms with van der Waals surface area (Å²) in [5.74, 6) is -1.09. The first-order chi connectivity index (χ1) is 28.0. The van der Waals surface area contributed by atoms with Gasteiger partial charge in [0.1, 0.15) is 55.4 Å². The average molecular weight is 827 g/mol. The Morgan fingerprint density at radius 2 is 1.07 bits per heavy atom. The summed E-state index contributed by atoms with van der Waals surface area (Å²) in [7, 11) is 0. The van der Waals surface area contributed by atoms with Crippen LogP contribution >= 0.6 is 0 Å². The zero-order valence-corrected chi connectivity index (χ0v) is 34.2. The number of carbonyl (C=O) groups is 2. The van der Waals surface area contributed by atoms with Crippen molar-refractivity contribution in [3.63, 3.8) is 0 Å². The van der Waals surface area contributed by atoms with E-state index in [1.54, 1.807) is 6.08 Å². The van der Waals surface area contributed by atoms with Crippen molar-refractivity contribution in [3.05, 3.63) is 60.8 Å². The summed E-state index contributed by atoms with van der Waals surface area (Å²) >= 11 is 0. The summed E-state index contributed by atoms with van der Waals surface area (Å²) in [6.45, 7) is 2.26. The van der Waals surface area contributed by atoms with Crippen LogP contribution in [0.3, 0.4) is 0 Å². The van der Waals surface area contributed by atoms with Crippen molar-refractivity contribution < 1.29 is 73.8 Å². The van der Waals surface area contributed by atoms with Gasteiger partial charge in [-0.2, -0.15) is 0 Å². The second kappa shape index (κ2) is 31.1. The molecule has 0 aromatic rings. The predicted molar refractivity (Wildman–Crippen MR) is 215 cm³/mol. The van der Waals surface area contributed by atoms with Crippen molar-refractivity contribution in [1.82, 2.24) is 0 Å². The number of aliphatic hydroxyl groups excluding tert-OH is 7. The van der Waals surface area contributed by atoms with Gasteiger partial charge in [0.25, 0.3) is 0 Å². The van der Waals surface area contributed by atoms with Crippen molar-refractivity contribution >= 4 is 11.9 Å². The standard InChI is InChI=1S/C43H70O15/c1-3-5-7-9-11-12-13-14-15-16-17-18-20-22-24-26-35(46)56-31(28-53-34(45)25-23-21-19-10-8-6-4-2)29-54-42-41(52)39(50)37(48)33(58-42)30-55-43-40(51)38(49)36(47)32(27-44)57-43/h5,7,11-12,14-15,17-18,22,24,31-33,36-44,47-52H,3-4,6,8-10,13,16,19-21,23,25-30H2,1-2H3/b7-5-,12-11-,15-14-,18-17-,24-22-. The largest absolute Gasteiger partial charge is 0.462 e. The maximum absolute atomic E-state index is 12.8. The quantitative estimate of drug-likeness (QED) is 0.0326. The molecule has 11 atom stereocenters. The van der Waals surface area contributed by atoms with Crippen molar-refractivity contribution in [1.29, 1.82) is 0 Å². The summed E-state index contributed by atoms with van der Waals surface area (Å²) in [6.07, 6.45) is 14.8. The van der Waals surface area contributed by atoms with E-state index >= 15 is 0 Å². The van der Waals surface area contributed by atoms with Gasteiger partial charge in [-0.15, -0.1) is 0 Å². The monoisotopic (exact) mass is 826 g/mol. The minimum absolute atomic E-state index is 0.0686. The highest BCUT2D eigenvalue weighted by atomic mass is 16.7. The van der Waals surface area contributed by atoms with Gasteiger partial charge >= 0.3 is 11.9 Å².